The van der Waals surface area contributed by atoms with E-state index in [1.165, 1.54) is 0 Å². The van der Waals surface area contributed by atoms with E-state index in [0.29, 0.717) is 26.1 Å². The predicted octanol–water partition coefficient (Wildman–Crippen LogP) is 2.22. The summed E-state index contributed by atoms with van der Waals surface area (Å²) in [5.41, 5.74) is 0. The van der Waals surface area contributed by atoms with E-state index in [4.69, 9.17) is 19.5 Å². The first kappa shape index (κ1) is 17.5. The average Bonchev–Trinajstić information content (AvgIpc) is 2.83. The fourth-order valence-corrected chi connectivity index (χ4v) is 2.70. The van der Waals surface area contributed by atoms with Gasteiger partial charge in [-0.05, 0) is 27.2 Å². The minimum Gasteiger partial charge on any atom is -0.348 e. The number of aldehydes is 1. The van der Waals surface area contributed by atoms with E-state index < -0.39 is 12.1 Å². The monoisotopic (exact) mass is 290 g/mol. The van der Waals surface area contributed by atoms with Crippen molar-refractivity contribution >= 4 is 6.29 Å². The van der Waals surface area contributed by atoms with Crippen molar-refractivity contribution in [1.82, 2.24) is 0 Å². The summed E-state index contributed by atoms with van der Waals surface area (Å²) in [5, 5.41) is 9.07. The average molecular weight is 290 g/mol. The summed E-state index contributed by atoms with van der Waals surface area (Å²) < 4.78 is 16.9. The molecule has 0 radical (unpaired) electrons. The van der Waals surface area contributed by atoms with Crippen LogP contribution in [0.25, 0.3) is 0 Å². The third kappa shape index (κ3) is 4.49. The Morgan fingerprint density at radius 2 is 1.90 bits per heavy atom. The van der Waals surface area contributed by atoms with Gasteiger partial charge in [-0.3, -0.25) is 0 Å². The third-order valence-corrected chi connectivity index (χ3v) is 3.70. The van der Waals surface area contributed by atoms with Crippen LogP contribution in [0.5, 0.6) is 0 Å². The van der Waals surface area contributed by atoms with E-state index in [9.17, 15) is 4.79 Å². The summed E-state index contributed by atoms with van der Waals surface area (Å²) in [6.45, 7) is 8.53. The summed E-state index contributed by atoms with van der Waals surface area (Å²) in [4.78, 5) is 15.1. The lowest BCUT2D eigenvalue weighted by molar-refractivity contribution is -0.375. The maximum Gasteiger partial charge on any atom is 0.194 e. The number of carbonyl (C=O) groups is 1. The van der Waals surface area contributed by atoms with Gasteiger partial charge in [-0.15, -0.1) is 0 Å². The summed E-state index contributed by atoms with van der Waals surface area (Å²) >= 11 is 0. The lowest BCUT2D eigenvalue weighted by atomic mass is 9.82. The van der Waals surface area contributed by atoms with Crippen LogP contribution in [0.15, 0.2) is 0 Å². The molecule has 1 N–H and O–H groups in total. The van der Waals surface area contributed by atoms with Gasteiger partial charge in [0.1, 0.15) is 6.29 Å². The number of hydrogen-bond acceptors (Lipinski definition) is 6. The SMILES string of the molecule is CC(C)OC(OO)C(C)C(CCC=O)C1(C)OCCO1. The van der Waals surface area contributed by atoms with E-state index in [-0.39, 0.29) is 17.9 Å². The highest BCUT2D eigenvalue weighted by molar-refractivity contribution is 5.49. The molecule has 0 spiro atoms. The molecule has 0 aliphatic carbocycles. The van der Waals surface area contributed by atoms with Crippen molar-refractivity contribution in [3.63, 3.8) is 0 Å². The Morgan fingerprint density at radius 3 is 2.35 bits per heavy atom. The molecule has 0 aromatic rings. The Labute approximate surface area is 120 Å². The first-order valence-corrected chi connectivity index (χ1v) is 7.11. The van der Waals surface area contributed by atoms with Crippen molar-refractivity contribution in [2.75, 3.05) is 13.2 Å². The van der Waals surface area contributed by atoms with Crippen molar-refractivity contribution in [2.24, 2.45) is 11.8 Å². The topological polar surface area (TPSA) is 74.2 Å². The molecule has 20 heavy (non-hydrogen) atoms. The molecule has 1 aliphatic rings. The molecule has 0 aromatic carbocycles. The van der Waals surface area contributed by atoms with E-state index in [1.54, 1.807) is 0 Å². The van der Waals surface area contributed by atoms with Gasteiger partial charge in [0, 0.05) is 18.3 Å². The fourth-order valence-electron chi connectivity index (χ4n) is 2.70. The second-order valence-electron chi connectivity index (χ2n) is 5.58. The molecule has 1 heterocycles. The summed E-state index contributed by atoms with van der Waals surface area (Å²) in [6, 6.07) is 0. The molecular formula is C14H26O6. The minimum atomic E-state index is -0.781. The van der Waals surface area contributed by atoms with Crippen molar-refractivity contribution in [1.29, 1.82) is 0 Å². The highest BCUT2D eigenvalue weighted by Gasteiger charge is 2.45. The number of rotatable bonds is 9. The number of hydrogen-bond donors (Lipinski definition) is 1. The van der Waals surface area contributed by atoms with Gasteiger partial charge in [0.05, 0.1) is 19.3 Å². The van der Waals surface area contributed by atoms with E-state index >= 15 is 0 Å². The molecule has 0 saturated carbocycles. The molecule has 118 valence electrons. The zero-order chi connectivity index (χ0) is 15.2. The highest BCUT2D eigenvalue weighted by Crippen LogP contribution is 2.38. The van der Waals surface area contributed by atoms with Crippen molar-refractivity contribution < 1.29 is 29.1 Å². The van der Waals surface area contributed by atoms with Crippen molar-refractivity contribution in [3.8, 4) is 0 Å². The molecule has 3 unspecified atom stereocenters. The lowest BCUT2D eigenvalue weighted by Gasteiger charge is -2.38. The standard InChI is InChI=1S/C14H26O6/c1-10(2)19-13(20-16)11(3)12(6-5-7-15)14(4)17-8-9-18-14/h7,10-13,16H,5-6,8-9H2,1-4H3. The second kappa shape index (κ2) is 8.05. The van der Waals surface area contributed by atoms with Crippen molar-refractivity contribution in [2.45, 2.75) is 58.7 Å². The molecular weight excluding hydrogens is 264 g/mol. The Kier molecular flexibility index (Phi) is 7.05. The van der Waals surface area contributed by atoms with Crippen LogP contribution in [0.2, 0.25) is 0 Å². The molecule has 0 bridgehead atoms. The summed E-state index contributed by atoms with van der Waals surface area (Å²) in [6.07, 6.45) is 0.992. The first-order valence-electron chi connectivity index (χ1n) is 7.11. The zero-order valence-electron chi connectivity index (χ0n) is 12.7. The molecule has 0 amide bonds. The minimum absolute atomic E-state index is 0.0838. The van der Waals surface area contributed by atoms with Crippen LogP contribution in [0.3, 0.4) is 0 Å². The maximum absolute atomic E-state index is 10.7. The van der Waals surface area contributed by atoms with Gasteiger partial charge in [0.25, 0.3) is 0 Å². The smallest absolute Gasteiger partial charge is 0.194 e. The van der Waals surface area contributed by atoms with Crippen molar-refractivity contribution in [3.05, 3.63) is 0 Å². The molecule has 1 aliphatic heterocycles. The molecule has 1 rings (SSSR count). The van der Waals surface area contributed by atoms with Gasteiger partial charge in [0.2, 0.25) is 0 Å². The van der Waals surface area contributed by atoms with Crippen LogP contribution in [-0.2, 0) is 23.9 Å². The predicted molar refractivity (Wildman–Crippen MR) is 72.0 cm³/mol. The summed E-state index contributed by atoms with van der Waals surface area (Å²) in [5.74, 6) is -1.09. The van der Waals surface area contributed by atoms with Crippen LogP contribution in [0.4, 0.5) is 0 Å². The largest absolute Gasteiger partial charge is 0.348 e. The molecule has 1 fully saturated rings. The Balaban J connectivity index is 2.81. The molecule has 0 aromatic heterocycles. The van der Waals surface area contributed by atoms with Crippen LogP contribution in [0, 0.1) is 11.8 Å². The van der Waals surface area contributed by atoms with Crippen LogP contribution in [-0.4, -0.2) is 42.9 Å². The Bertz CT molecular complexity index is 287. The van der Waals surface area contributed by atoms with Gasteiger partial charge < -0.3 is 19.0 Å². The molecule has 6 nitrogen and oxygen atoms in total. The molecule has 1 saturated heterocycles. The van der Waals surface area contributed by atoms with E-state index in [2.05, 4.69) is 4.89 Å². The van der Waals surface area contributed by atoms with Gasteiger partial charge in [-0.2, -0.15) is 0 Å². The number of ether oxygens (including phenoxy) is 3. The Morgan fingerprint density at radius 1 is 1.30 bits per heavy atom. The maximum atomic E-state index is 10.7. The highest BCUT2D eigenvalue weighted by atomic mass is 17.1. The quantitative estimate of drug-likeness (QED) is 0.304. The van der Waals surface area contributed by atoms with Gasteiger partial charge in [-0.25, -0.2) is 10.1 Å². The Hall–Kier alpha value is -0.530. The van der Waals surface area contributed by atoms with Crippen LogP contribution >= 0.6 is 0 Å². The first-order chi connectivity index (χ1) is 9.44. The van der Waals surface area contributed by atoms with Crippen LogP contribution < -0.4 is 0 Å². The zero-order valence-corrected chi connectivity index (χ0v) is 12.7. The van der Waals surface area contributed by atoms with Gasteiger partial charge >= 0.3 is 0 Å². The van der Waals surface area contributed by atoms with E-state index in [0.717, 1.165) is 6.29 Å². The van der Waals surface area contributed by atoms with Gasteiger partial charge in [0.15, 0.2) is 12.1 Å². The third-order valence-electron chi connectivity index (χ3n) is 3.70. The molecule has 3 atom stereocenters. The second-order valence-corrected chi connectivity index (χ2v) is 5.58. The fraction of sp³-hybridized carbons (Fsp3) is 0.929. The van der Waals surface area contributed by atoms with Gasteiger partial charge in [-0.1, -0.05) is 6.92 Å². The number of carbonyl (C=O) groups excluding carboxylic acids is 1. The van der Waals surface area contributed by atoms with Crippen LogP contribution in [0.1, 0.15) is 40.5 Å². The lowest BCUT2D eigenvalue weighted by Crippen LogP contribution is -2.45. The van der Waals surface area contributed by atoms with E-state index in [1.807, 2.05) is 27.7 Å². The normalized spacial score (nSPS) is 22.7. The summed E-state index contributed by atoms with van der Waals surface area (Å²) in [7, 11) is 0. The molecule has 6 heteroatoms.